The van der Waals surface area contributed by atoms with Crippen molar-refractivity contribution in [2.75, 3.05) is 44.6 Å². The first-order valence-electron chi connectivity index (χ1n) is 6.62. The van der Waals surface area contributed by atoms with Crippen LogP contribution < -0.4 is 15.4 Å². The number of piperazine rings is 1. The lowest BCUT2D eigenvalue weighted by molar-refractivity contribution is -0.129. The van der Waals surface area contributed by atoms with Gasteiger partial charge in [0.1, 0.15) is 5.82 Å². The molecule has 1 fully saturated rings. The van der Waals surface area contributed by atoms with Gasteiger partial charge in [0, 0.05) is 32.2 Å². The zero-order valence-corrected chi connectivity index (χ0v) is 11.2. The Morgan fingerprint density at radius 1 is 1.47 bits per heavy atom. The summed E-state index contributed by atoms with van der Waals surface area (Å²) in [6.07, 6.45) is 0. The SMILES string of the molecule is CCOc1cccc(NCC(=O)N2CCNCC2)n1. The molecule has 0 atom stereocenters. The molecular formula is C13H20N4O2. The lowest BCUT2D eigenvalue weighted by atomic mass is 10.3. The number of rotatable bonds is 5. The molecule has 0 bridgehead atoms. The number of ether oxygens (including phenoxy) is 1. The molecule has 1 aromatic rings. The van der Waals surface area contributed by atoms with E-state index < -0.39 is 0 Å². The van der Waals surface area contributed by atoms with Gasteiger partial charge in [-0.3, -0.25) is 4.79 Å². The number of anilines is 1. The fraction of sp³-hybridized carbons (Fsp3) is 0.538. The largest absolute Gasteiger partial charge is 0.478 e. The molecule has 104 valence electrons. The molecule has 0 radical (unpaired) electrons. The Morgan fingerprint density at radius 3 is 3.00 bits per heavy atom. The van der Waals surface area contributed by atoms with Gasteiger partial charge in [0.15, 0.2) is 0 Å². The van der Waals surface area contributed by atoms with Crippen molar-refractivity contribution in [3.8, 4) is 5.88 Å². The first-order valence-corrected chi connectivity index (χ1v) is 6.62. The molecule has 0 aliphatic carbocycles. The van der Waals surface area contributed by atoms with E-state index in [0.717, 1.165) is 26.2 Å². The van der Waals surface area contributed by atoms with Gasteiger partial charge in [-0.25, -0.2) is 0 Å². The third kappa shape index (κ3) is 4.10. The van der Waals surface area contributed by atoms with E-state index in [9.17, 15) is 4.79 Å². The minimum Gasteiger partial charge on any atom is -0.478 e. The van der Waals surface area contributed by atoms with Crippen molar-refractivity contribution in [1.82, 2.24) is 15.2 Å². The fourth-order valence-electron chi connectivity index (χ4n) is 1.93. The maximum absolute atomic E-state index is 12.0. The highest BCUT2D eigenvalue weighted by molar-refractivity contribution is 5.80. The lowest BCUT2D eigenvalue weighted by Crippen LogP contribution is -2.48. The molecule has 19 heavy (non-hydrogen) atoms. The van der Waals surface area contributed by atoms with E-state index in [1.54, 1.807) is 6.07 Å². The number of amides is 1. The van der Waals surface area contributed by atoms with E-state index in [0.29, 0.717) is 18.3 Å². The highest BCUT2D eigenvalue weighted by Gasteiger charge is 2.15. The molecule has 0 unspecified atom stereocenters. The standard InChI is InChI=1S/C13H20N4O2/c1-2-19-12-5-3-4-11(16-12)15-10-13(18)17-8-6-14-7-9-17/h3-5,14H,2,6-10H2,1H3,(H,15,16). The van der Waals surface area contributed by atoms with Crippen molar-refractivity contribution in [3.05, 3.63) is 18.2 Å². The van der Waals surface area contributed by atoms with Crippen molar-refractivity contribution >= 4 is 11.7 Å². The number of hydrogen-bond acceptors (Lipinski definition) is 5. The van der Waals surface area contributed by atoms with Gasteiger partial charge in [-0.05, 0) is 13.0 Å². The lowest BCUT2D eigenvalue weighted by Gasteiger charge is -2.27. The number of carbonyl (C=O) groups is 1. The van der Waals surface area contributed by atoms with Crippen molar-refractivity contribution in [1.29, 1.82) is 0 Å². The molecule has 1 amide bonds. The van der Waals surface area contributed by atoms with E-state index in [1.165, 1.54) is 0 Å². The number of pyridine rings is 1. The van der Waals surface area contributed by atoms with Crippen LogP contribution in [-0.2, 0) is 4.79 Å². The van der Waals surface area contributed by atoms with Crippen LogP contribution in [0.1, 0.15) is 6.92 Å². The van der Waals surface area contributed by atoms with Gasteiger partial charge in [-0.1, -0.05) is 6.07 Å². The number of aromatic nitrogens is 1. The zero-order chi connectivity index (χ0) is 13.5. The number of hydrogen-bond donors (Lipinski definition) is 2. The van der Waals surface area contributed by atoms with Crippen LogP contribution in [-0.4, -0.2) is 55.1 Å². The summed E-state index contributed by atoms with van der Waals surface area (Å²) in [7, 11) is 0. The van der Waals surface area contributed by atoms with Gasteiger partial charge in [0.2, 0.25) is 11.8 Å². The first kappa shape index (κ1) is 13.6. The van der Waals surface area contributed by atoms with Gasteiger partial charge in [0.25, 0.3) is 0 Å². The number of nitrogens with zero attached hydrogens (tertiary/aromatic N) is 2. The van der Waals surface area contributed by atoms with Crippen LogP contribution in [0.3, 0.4) is 0 Å². The summed E-state index contributed by atoms with van der Waals surface area (Å²) in [5, 5.41) is 6.26. The number of carbonyl (C=O) groups excluding carboxylic acids is 1. The molecule has 2 N–H and O–H groups in total. The monoisotopic (exact) mass is 264 g/mol. The summed E-state index contributed by atoms with van der Waals surface area (Å²) >= 11 is 0. The summed E-state index contributed by atoms with van der Waals surface area (Å²) in [4.78, 5) is 18.1. The predicted molar refractivity (Wildman–Crippen MR) is 73.3 cm³/mol. The van der Waals surface area contributed by atoms with Crippen molar-refractivity contribution in [2.45, 2.75) is 6.92 Å². The quantitative estimate of drug-likeness (QED) is 0.802. The minimum absolute atomic E-state index is 0.102. The Kier molecular flexibility index (Phi) is 4.97. The van der Waals surface area contributed by atoms with Crippen LogP contribution in [0.4, 0.5) is 5.82 Å². The maximum atomic E-state index is 12.0. The van der Waals surface area contributed by atoms with Gasteiger partial charge in [0.05, 0.1) is 13.2 Å². The van der Waals surface area contributed by atoms with Crippen LogP contribution in [0, 0.1) is 0 Å². The van der Waals surface area contributed by atoms with Crippen LogP contribution in [0.25, 0.3) is 0 Å². The highest BCUT2D eigenvalue weighted by atomic mass is 16.5. The van der Waals surface area contributed by atoms with Crippen LogP contribution in [0.5, 0.6) is 5.88 Å². The molecule has 1 aliphatic heterocycles. The molecule has 2 heterocycles. The molecule has 6 nitrogen and oxygen atoms in total. The molecule has 6 heteroatoms. The molecule has 0 spiro atoms. The van der Waals surface area contributed by atoms with E-state index in [4.69, 9.17) is 4.74 Å². The van der Waals surface area contributed by atoms with Gasteiger partial charge >= 0.3 is 0 Å². The molecule has 0 saturated carbocycles. The second-order valence-corrected chi connectivity index (χ2v) is 4.28. The predicted octanol–water partition coefficient (Wildman–Crippen LogP) is 0.324. The Labute approximate surface area is 113 Å². The Bertz CT molecular complexity index is 419. The number of nitrogens with one attached hydrogen (secondary N) is 2. The summed E-state index contributed by atoms with van der Waals surface area (Å²) in [5.41, 5.74) is 0. The van der Waals surface area contributed by atoms with Crippen LogP contribution in [0.15, 0.2) is 18.2 Å². The Balaban J connectivity index is 1.83. The minimum atomic E-state index is 0.102. The average molecular weight is 264 g/mol. The van der Waals surface area contributed by atoms with E-state index >= 15 is 0 Å². The molecule has 0 aromatic carbocycles. The third-order valence-corrected chi connectivity index (χ3v) is 2.91. The normalized spacial score (nSPS) is 15.1. The third-order valence-electron chi connectivity index (χ3n) is 2.91. The average Bonchev–Trinajstić information content (AvgIpc) is 2.46. The summed E-state index contributed by atoms with van der Waals surface area (Å²) < 4.78 is 5.31. The second kappa shape index (κ2) is 6.94. The molecule has 2 rings (SSSR count). The van der Waals surface area contributed by atoms with Crippen molar-refractivity contribution in [2.24, 2.45) is 0 Å². The molecule has 1 aliphatic rings. The van der Waals surface area contributed by atoms with Gasteiger partial charge < -0.3 is 20.3 Å². The van der Waals surface area contributed by atoms with Crippen LogP contribution in [0.2, 0.25) is 0 Å². The molecule has 1 saturated heterocycles. The van der Waals surface area contributed by atoms with Crippen LogP contribution >= 0.6 is 0 Å². The second-order valence-electron chi connectivity index (χ2n) is 4.28. The smallest absolute Gasteiger partial charge is 0.242 e. The Hall–Kier alpha value is -1.82. The van der Waals surface area contributed by atoms with E-state index in [-0.39, 0.29) is 12.5 Å². The van der Waals surface area contributed by atoms with Gasteiger partial charge in [-0.2, -0.15) is 4.98 Å². The Morgan fingerprint density at radius 2 is 2.26 bits per heavy atom. The first-order chi connectivity index (χ1) is 9.29. The van der Waals surface area contributed by atoms with Crippen molar-refractivity contribution in [3.63, 3.8) is 0 Å². The maximum Gasteiger partial charge on any atom is 0.242 e. The van der Waals surface area contributed by atoms with E-state index in [1.807, 2.05) is 24.0 Å². The van der Waals surface area contributed by atoms with Gasteiger partial charge in [-0.15, -0.1) is 0 Å². The summed E-state index contributed by atoms with van der Waals surface area (Å²) in [5.74, 6) is 1.33. The van der Waals surface area contributed by atoms with E-state index in [2.05, 4.69) is 15.6 Å². The zero-order valence-electron chi connectivity index (χ0n) is 11.2. The molecule has 1 aromatic heterocycles. The fourth-order valence-corrected chi connectivity index (χ4v) is 1.93. The topological polar surface area (TPSA) is 66.5 Å². The highest BCUT2D eigenvalue weighted by Crippen LogP contribution is 2.11. The summed E-state index contributed by atoms with van der Waals surface area (Å²) in [6.45, 7) is 6.03. The van der Waals surface area contributed by atoms with Crippen molar-refractivity contribution < 1.29 is 9.53 Å². The summed E-state index contributed by atoms with van der Waals surface area (Å²) in [6, 6.07) is 5.48. The molecular weight excluding hydrogens is 244 g/mol.